The minimum atomic E-state index is -3.46. The minimum Gasteiger partial charge on any atom is -0.309 e. The van der Waals surface area contributed by atoms with E-state index in [2.05, 4.69) is 4.72 Å². The third kappa shape index (κ3) is 4.23. The second kappa shape index (κ2) is 7.12. The van der Waals surface area contributed by atoms with E-state index in [0.29, 0.717) is 19.5 Å². The van der Waals surface area contributed by atoms with Crippen LogP contribution in [0.15, 0.2) is 35.2 Å². The van der Waals surface area contributed by atoms with Crippen molar-refractivity contribution >= 4 is 10.0 Å². The second-order valence-electron chi connectivity index (χ2n) is 3.97. The smallest absolute Gasteiger partial charge is 0.240 e. The Labute approximate surface area is 114 Å². The molecule has 1 fully saturated rings. The molecule has 0 bridgehead atoms. The molecule has 1 atom stereocenters. The van der Waals surface area contributed by atoms with Crippen LogP contribution in [0.3, 0.4) is 0 Å². The van der Waals surface area contributed by atoms with Crippen LogP contribution < -0.4 is 4.72 Å². The molecule has 2 rings (SSSR count). The van der Waals surface area contributed by atoms with Gasteiger partial charge >= 0.3 is 0 Å². The molecule has 19 heavy (non-hydrogen) atoms. The average Bonchev–Trinajstić information content (AvgIpc) is 2.89. The molecule has 0 spiro atoms. The highest BCUT2D eigenvalue weighted by Gasteiger charge is 2.26. The Morgan fingerprint density at radius 3 is 2.47 bits per heavy atom. The zero-order valence-corrected chi connectivity index (χ0v) is 12.0. The lowest BCUT2D eigenvalue weighted by Gasteiger charge is -2.12. The fourth-order valence-electron chi connectivity index (χ4n) is 1.83. The molecule has 6 heteroatoms. The number of likely N-dealkylation sites (tertiary alicyclic amines) is 1. The summed E-state index contributed by atoms with van der Waals surface area (Å²) in [6.07, 6.45) is 2.68. The van der Waals surface area contributed by atoms with Crippen molar-refractivity contribution in [1.29, 1.82) is 5.26 Å². The summed E-state index contributed by atoms with van der Waals surface area (Å²) in [7, 11) is -3.46. The largest absolute Gasteiger partial charge is 0.309 e. The predicted molar refractivity (Wildman–Crippen MR) is 73.7 cm³/mol. The van der Waals surface area contributed by atoms with Gasteiger partial charge in [0.15, 0.2) is 6.19 Å². The van der Waals surface area contributed by atoms with Crippen LogP contribution in [0, 0.1) is 11.5 Å². The van der Waals surface area contributed by atoms with E-state index in [0.717, 1.165) is 0 Å². The van der Waals surface area contributed by atoms with Gasteiger partial charge in [0.25, 0.3) is 0 Å². The molecule has 1 N–H and O–H groups in total. The van der Waals surface area contributed by atoms with E-state index in [1.807, 2.05) is 20.0 Å². The van der Waals surface area contributed by atoms with Crippen molar-refractivity contribution in [3.05, 3.63) is 30.3 Å². The predicted octanol–water partition coefficient (Wildman–Crippen LogP) is 1.55. The van der Waals surface area contributed by atoms with Gasteiger partial charge in [-0.3, -0.25) is 0 Å². The topological polar surface area (TPSA) is 73.2 Å². The van der Waals surface area contributed by atoms with Crippen LogP contribution in [0.5, 0.6) is 0 Å². The summed E-state index contributed by atoms with van der Waals surface area (Å²) in [5.41, 5.74) is 0. The van der Waals surface area contributed by atoms with Crippen molar-refractivity contribution in [2.45, 2.75) is 31.2 Å². The zero-order chi connectivity index (χ0) is 14.3. The Balaban J connectivity index is 0.000000861. The number of benzene rings is 1. The Morgan fingerprint density at radius 2 is 1.95 bits per heavy atom. The highest BCUT2D eigenvalue weighted by atomic mass is 32.2. The van der Waals surface area contributed by atoms with Gasteiger partial charge in [0.05, 0.1) is 4.90 Å². The standard InChI is InChI=1S/C11H13N3O2S.C2H6/c12-9-14-7-6-10(8-14)13-17(15,16)11-4-2-1-3-5-11;1-2/h1-5,10,13H,6-8H2;1-2H3/t10-;/m1./s1. The van der Waals surface area contributed by atoms with E-state index in [4.69, 9.17) is 5.26 Å². The lowest BCUT2D eigenvalue weighted by Crippen LogP contribution is -2.36. The van der Waals surface area contributed by atoms with E-state index in [-0.39, 0.29) is 10.9 Å². The molecule has 1 aromatic carbocycles. The average molecular weight is 281 g/mol. The number of nitrogens with zero attached hydrogens (tertiary/aromatic N) is 2. The first-order chi connectivity index (χ1) is 9.12. The van der Waals surface area contributed by atoms with Gasteiger partial charge in [0, 0.05) is 19.1 Å². The second-order valence-corrected chi connectivity index (χ2v) is 5.68. The summed E-state index contributed by atoms with van der Waals surface area (Å²) in [6.45, 7) is 5.06. The van der Waals surface area contributed by atoms with Crippen LogP contribution in [0.1, 0.15) is 20.3 Å². The van der Waals surface area contributed by atoms with Crippen LogP contribution >= 0.6 is 0 Å². The van der Waals surface area contributed by atoms with Gasteiger partial charge in [0.2, 0.25) is 10.0 Å². The molecule has 0 aromatic heterocycles. The Hall–Kier alpha value is -1.58. The molecule has 1 aliphatic heterocycles. The fraction of sp³-hybridized carbons (Fsp3) is 0.462. The third-order valence-corrected chi connectivity index (χ3v) is 4.24. The Bertz CT molecular complexity index is 523. The molecular weight excluding hydrogens is 262 g/mol. The van der Waals surface area contributed by atoms with E-state index in [1.165, 1.54) is 0 Å². The molecule has 104 valence electrons. The first-order valence-corrected chi connectivity index (χ1v) is 7.82. The maximum Gasteiger partial charge on any atom is 0.240 e. The summed E-state index contributed by atoms with van der Waals surface area (Å²) in [6, 6.07) is 8.07. The lowest BCUT2D eigenvalue weighted by atomic mass is 10.3. The van der Waals surface area contributed by atoms with Crippen molar-refractivity contribution in [3.8, 4) is 6.19 Å². The van der Waals surface area contributed by atoms with Crippen molar-refractivity contribution in [2.75, 3.05) is 13.1 Å². The molecule has 1 heterocycles. The molecule has 0 aliphatic carbocycles. The lowest BCUT2D eigenvalue weighted by molar-refractivity contribution is 0.470. The van der Waals surface area contributed by atoms with Crippen LogP contribution in [-0.2, 0) is 10.0 Å². The molecule has 1 aromatic rings. The summed E-state index contributed by atoms with van der Waals surface area (Å²) >= 11 is 0. The maximum atomic E-state index is 12.0. The number of hydrogen-bond acceptors (Lipinski definition) is 4. The highest BCUT2D eigenvalue weighted by Crippen LogP contribution is 2.13. The first-order valence-electron chi connectivity index (χ1n) is 6.34. The third-order valence-electron chi connectivity index (χ3n) is 2.70. The molecule has 0 amide bonds. The van der Waals surface area contributed by atoms with E-state index in [1.54, 1.807) is 35.2 Å². The molecule has 0 unspecified atom stereocenters. The number of nitrogens with one attached hydrogen (secondary N) is 1. The first kappa shape index (κ1) is 15.5. The van der Waals surface area contributed by atoms with Gasteiger partial charge in [-0.1, -0.05) is 32.0 Å². The van der Waals surface area contributed by atoms with Gasteiger partial charge in [0.1, 0.15) is 0 Å². The quantitative estimate of drug-likeness (QED) is 0.853. The maximum absolute atomic E-state index is 12.0. The van der Waals surface area contributed by atoms with Crippen molar-refractivity contribution in [2.24, 2.45) is 0 Å². The summed E-state index contributed by atoms with van der Waals surface area (Å²) in [5, 5.41) is 8.70. The molecule has 0 radical (unpaired) electrons. The Kier molecular flexibility index (Phi) is 5.80. The summed E-state index contributed by atoms with van der Waals surface area (Å²) < 4.78 is 26.6. The minimum absolute atomic E-state index is 0.181. The fourth-order valence-corrected chi connectivity index (χ4v) is 3.12. The van der Waals surface area contributed by atoms with E-state index < -0.39 is 10.0 Å². The van der Waals surface area contributed by atoms with Crippen molar-refractivity contribution < 1.29 is 8.42 Å². The van der Waals surface area contributed by atoms with Crippen LogP contribution in [0.4, 0.5) is 0 Å². The Morgan fingerprint density at radius 1 is 1.32 bits per heavy atom. The van der Waals surface area contributed by atoms with E-state index >= 15 is 0 Å². The molecule has 0 saturated carbocycles. The SMILES string of the molecule is CC.N#CN1CC[C@@H](NS(=O)(=O)c2ccccc2)C1. The normalized spacial score (nSPS) is 18.4. The van der Waals surface area contributed by atoms with Crippen molar-refractivity contribution in [3.63, 3.8) is 0 Å². The number of hydrogen-bond donors (Lipinski definition) is 1. The monoisotopic (exact) mass is 281 g/mol. The van der Waals surface area contributed by atoms with Crippen LogP contribution in [0.2, 0.25) is 0 Å². The zero-order valence-electron chi connectivity index (χ0n) is 11.2. The number of nitriles is 1. The highest BCUT2D eigenvalue weighted by molar-refractivity contribution is 7.89. The van der Waals surface area contributed by atoms with Gasteiger partial charge in [-0.2, -0.15) is 5.26 Å². The summed E-state index contributed by atoms with van der Waals surface area (Å²) in [4.78, 5) is 1.81. The summed E-state index contributed by atoms with van der Waals surface area (Å²) in [5.74, 6) is 0. The van der Waals surface area contributed by atoms with Crippen LogP contribution in [0.25, 0.3) is 0 Å². The number of sulfonamides is 1. The van der Waals surface area contributed by atoms with E-state index in [9.17, 15) is 8.42 Å². The van der Waals surface area contributed by atoms with Gasteiger partial charge in [-0.05, 0) is 18.6 Å². The van der Waals surface area contributed by atoms with Gasteiger partial charge in [-0.15, -0.1) is 0 Å². The molecule has 5 nitrogen and oxygen atoms in total. The number of rotatable bonds is 3. The molecule has 1 aliphatic rings. The van der Waals surface area contributed by atoms with Crippen molar-refractivity contribution in [1.82, 2.24) is 9.62 Å². The molecule has 1 saturated heterocycles. The van der Waals surface area contributed by atoms with Gasteiger partial charge < -0.3 is 4.90 Å². The molecular formula is C13H19N3O2S. The van der Waals surface area contributed by atoms with Gasteiger partial charge in [-0.25, -0.2) is 13.1 Å². The van der Waals surface area contributed by atoms with Crippen LogP contribution in [-0.4, -0.2) is 32.4 Å².